The van der Waals surface area contributed by atoms with Crippen LogP contribution in [0.1, 0.15) is 48.8 Å². The van der Waals surface area contributed by atoms with E-state index in [9.17, 15) is 14.4 Å². The monoisotopic (exact) mass is 433 g/mol. The van der Waals surface area contributed by atoms with Crippen molar-refractivity contribution in [3.63, 3.8) is 0 Å². The van der Waals surface area contributed by atoms with Gasteiger partial charge in [0.05, 0.1) is 6.04 Å². The third-order valence-corrected chi connectivity index (χ3v) is 4.87. The summed E-state index contributed by atoms with van der Waals surface area (Å²) in [5.41, 5.74) is 2.18. The fourth-order valence-electron chi connectivity index (χ4n) is 3.06. The van der Waals surface area contributed by atoms with Gasteiger partial charge in [0.15, 0.2) is 0 Å². The zero-order valence-electron chi connectivity index (χ0n) is 18.2. The lowest BCUT2D eigenvalue weighted by molar-refractivity contribution is 0.0932. The second-order valence-electron chi connectivity index (χ2n) is 7.40. The SMILES string of the molecule is CCCCn1nc(C(=O)NC(C)c2ccc(NC(=O)Nc3ccccc3)cc2)ccc1=O. The minimum atomic E-state index is -0.354. The Morgan fingerprint density at radius 1 is 0.938 bits per heavy atom. The van der Waals surface area contributed by atoms with Crippen LogP contribution < -0.4 is 21.5 Å². The molecule has 166 valence electrons. The van der Waals surface area contributed by atoms with Gasteiger partial charge in [0.25, 0.3) is 11.5 Å². The standard InChI is InChI=1S/C24H27N5O3/c1-3-4-16-29-22(30)15-14-21(28-29)23(31)25-17(2)18-10-12-20(13-11-18)27-24(32)26-19-8-6-5-7-9-19/h5-15,17H,3-4,16H2,1-2H3,(H,25,31)(H2,26,27,32). The summed E-state index contributed by atoms with van der Waals surface area (Å²) in [7, 11) is 0. The molecule has 32 heavy (non-hydrogen) atoms. The molecule has 0 fully saturated rings. The van der Waals surface area contributed by atoms with E-state index >= 15 is 0 Å². The van der Waals surface area contributed by atoms with E-state index in [1.807, 2.05) is 44.2 Å². The van der Waals surface area contributed by atoms with Crippen LogP contribution in [0.15, 0.2) is 71.5 Å². The number of carbonyl (C=O) groups is 2. The number of anilines is 2. The van der Waals surface area contributed by atoms with E-state index in [1.54, 1.807) is 24.3 Å². The minimum Gasteiger partial charge on any atom is -0.344 e. The Bertz CT molecular complexity index is 1110. The van der Waals surface area contributed by atoms with Crippen LogP contribution in [0.3, 0.4) is 0 Å². The number of benzene rings is 2. The maximum absolute atomic E-state index is 12.6. The van der Waals surface area contributed by atoms with Crippen molar-refractivity contribution in [3.8, 4) is 0 Å². The molecule has 3 amide bonds. The highest BCUT2D eigenvalue weighted by Crippen LogP contribution is 2.17. The second kappa shape index (κ2) is 10.9. The van der Waals surface area contributed by atoms with E-state index < -0.39 is 0 Å². The van der Waals surface area contributed by atoms with Crippen LogP contribution in [0.4, 0.5) is 16.2 Å². The molecule has 0 saturated carbocycles. The number of para-hydroxylation sites is 1. The number of amides is 3. The molecule has 0 saturated heterocycles. The van der Waals surface area contributed by atoms with Crippen molar-refractivity contribution >= 4 is 23.3 Å². The first-order chi connectivity index (χ1) is 15.5. The lowest BCUT2D eigenvalue weighted by Crippen LogP contribution is -2.31. The molecule has 0 spiro atoms. The summed E-state index contributed by atoms with van der Waals surface area (Å²) in [6, 6.07) is 18.5. The molecule has 3 rings (SSSR count). The van der Waals surface area contributed by atoms with Gasteiger partial charge >= 0.3 is 6.03 Å². The number of unbranched alkanes of at least 4 members (excludes halogenated alkanes) is 1. The summed E-state index contributed by atoms with van der Waals surface area (Å²) in [4.78, 5) is 36.6. The molecule has 8 nitrogen and oxygen atoms in total. The molecule has 2 aromatic carbocycles. The molecule has 0 aliphatic rings. The highest BCUT2D eigenvalue weighted by atomic mass is 16.2. The molecule has 0 aliphatic heterocycles. The lowest BCUT2D eigenvalue weighted by Gasteiger charge is -2.15. The van der Waals surface area contributed by atoms with Crippen LogP contribution in [0.25, 0.3) is 0 Å². The van der Waals surface area contributed by atoms with Crippen molar-refractivity contribution in [3.05, 3.63) is 88.3 Å². The Morgan fingerprint density at radius 3 is 2.25 bits per heavy atom. The third kappa shape index (κ3) is 6.28. The number of hydrogen-bond acceptors (Lipinski definition) is 4. The summed E-state index contributed by atoms with van der Waals surface area (Å²) in [5, 5.41) is 12.6. The zero-order chi connectivity index (χ0) is 22.9. The van der Waals surface area contributed by atoms with Gasteiger partial charge < -0.3 is 16.0 Å². The van der Waals surface area contributed by atoms with Crippen LogP contribution in [0.2, 0.25) is 0 Å². The molecule has 0 bridgehead atoms. The van der Waals surface area contributed by atoms with E-state index in [2.05, 4.69) is 21.0 Å². The Morgan fingerprint density at radius 2 is 1.59 bits per heavy atom. The van der Waals surface area contributed by atoms with Crippen LogP contribution in [-0.4, -0.2) is 21.7 Å². The normalized spacial score (nSPS) is 11.4. The van der Waals surface area contributed by atoms with Crippen LogP contribution in [-0.2, 0) is 6.54 Å². The highest BCUT2D eigenvalue weighted by Gasteiger charge is 2.14. The molecular formula is C24H27N5O3. The van der Waals surface area contributed by atoms with Crippen molar-refractivity contribution < 1.29 is 9.59 Å². The molecule has 8 heteroatoms. The van der Waals surface area contributed by atoms with E-state index in [1.165, 1.54) is 16.8 Å². The fourth-order valence-corrected chi connectivity index (χ4v) is 3.06. The van der Waals surface area contributed by atoms with Crippen LogP contribution in [0.5, 0.6) is 0 Å². The summed E-state index contributed by atoms with van der Waals surface area (Å²) < 4.78 is 1.32. The van der Waals surface area contributed by atoms with E-state index in [0.29, 0.717) is 17.9 Å². The number of nitrogens with zero attached hydrogens (tertiary/aromatic N) is 2. The van der Waals surface area contributed by atoms with Crippen molar-refractivity contribution in [2.24, 2.45) is 0 Å². The summed E-state index contributed by atoms with van der Waals surface area (Å²) in [6.07, 6.45) is 1.75. The number of rotatable bonds is 8. The number of nitrogens with one attached hydrogen (secondary N) is 3. The van der Waals surface area contributed by atoms with Gasteiger partial charge in [-0.15, -0.1) is 0 Å². The van der Waals surface area contributed by atoms with E-state index in [4.69, 9.17) is 0 Å². The van der Waals surface area contributed by atoms with Crippen molar-refractivity contribution in [1.29, 1.82) is 0 Å². The molecule has 1 heterocycles. The molecule has 3 aromatic rings. The second-order valence-corrected chi connectivity index (χ2v) is 7.40. The van der Waals surface area contributed by atoms with Gasteiger partial charge in [0.1, 0.15) is 5.69 Å². The van der Waals surface area contributed by atoms with E-state index in [0.717, 1.165) is 18.4 Å². The Kier molecular flexibility index (Phi) is 7.75. The maximum atomic E-state index is 12.6. The Balaban J connectivity index is 1.58. The molecule has 1 unspecified atom stereocenters. The number of aromatic nitrogens is 2. The summed E-state index contributed by atoms with van der Waals surface area (Å²) in [6.45, 7) is 4.37. The quantitative estimate of drug-likeness (QED) is 0.496. The predicted octanol–water partition coefficient (Wildman–Crippen LogP) is 4.18. The molecular weight excluding hydrogens is 406 g/mol. The Labute approximate surface area is 186 Å². The lowest BCUT2D eigenvalue weighted by atomic mass is 10.1. The van der Waals surface area contributed by atoms with Crippen molar-refractivity contribution in [2.75, 3.05) is 10.6 Å². The summed E-state index contributed by atoms with van der Waals surface area (Å²) >= 11 is 0. The maximum Gasteiger partial charge on any atom is 0.323 e. The van der Waals surface area contributed by atoms with Gasteiger partial charge in [-0.1, -0.05) is 43.7 Å². The zero-order valence-corrected chi connectivity index (χ0v) is 18.2. The fraction of sp³-hybridized carbons (Fsp3) is 0.250. The first-order valence-electron chi connectivity index (χ1n) is 10.6. The summed E-state index contributed by atoms with van der Waals surface area (Å²) in [5.74, 6) is -0.354. The largest absolute Gasteiger partial charge is 0.344 e. The van der Waals surface area contributed by atoms with Gasteiger partial charge in [-0.3, -0.25) is 9.59 Å². The van der Waals surface area contributed by atoms with Gasteiger partial charge in [0, 0.05) is 24.0 Å². The molecule has 0 radical (unpaired) electrons. The predicted molar refractivity (Wildman–Crippen MR) is 125 cm³/mol. The average Bonchev–Trinajstić information content (AvgIpc) is 2.79. The first kappa shape index (κ1) is 22.7. The van der Waals surface area contributed by atoms with Gasteiger partial charge in [0.2, 0.25) is 0 Å². The minimum absolute atomic E-state index is 0.198. The van der Waals surface area contributed by atoms with Crippen LogP contribution in [0, 0.1) is 0 Å². The molecule has 0 aliphatic carbocycles. The molecule has 1 atom stereocenters. The van der Waals surface area contributed by atoms with Gasteiger partial charge in [-0.2, -0.15) is 5.10 Å². The number of urea groups is 1. The topological polar surface area (TPSA) is 105 Å². The number of hydrogen-bond donors (Lipinski definition) is 3. The Hall–Kier alpha value is -3.94. The molecule has 1 aromatic heterocycles. The van der Waals surface area contributed by atoms with Crippen molar-refractivity contribution in [2.45, 2.75) is 39.3 Å². The van der Waals surface area contributed by atoms with Crippen molar-refractivity contribution in [1.82, 2.24) is 15.1 Å². The van der Waals surface area contributed by atoms with E-state index in [-0.39, 0.29) is 29.2 Å². The highest BCUT2D eigenvalue weighted by molar-refractivity contribution is 5.99. The van der Waals surface area contributed by atoms with Gasteiger partial charge in [-0.05, 0) is 49.2 Å². The third-order valence-electron chi connectivity index (χ3n) is 4.87. The molecule has 3 N–H and O–H groups in total. The number of aryl methyl sites for hydroxylation is 1. The van der Waals surface area contributed by atoms with Gasteiger partial charge in [-0.25, -0.2) is 9.48 Å². The first-order valence-corrected chi connectivity index (χ1v) is 10.6. The number of carbonyl (C=O) groups excluding carboxylic acids is 2. The smallest absolute Gasteiger partial charge is 0.323 e. The average molecular weight is 434 g/mol. The van der Waals surface area contributed by atoms with Crippen LogP contribution >= 0.6 is 0 Å².